The van der Waals surface area contributed by atoms with E-state index < -0.39 is 25.8 Å². The molecule has 10 heteroatoms. The van der Waals surface area contributed by atoms with E-state index in [2.05, 4.69) is 5.32 Å². The number of esters is 2. The molecule has 0 radical (unpaired) electrons. The van der Waals surface area contributed by atoms with Gasteiger partial charge >= 0.3 is 19.1 Å². The number of hydrogen-bond donors (Lipinski definition) is 2. The molecule has 1 unspecified atom stereocenters. The first-order valence-corrected chi connectivity index (χ1v) is 10.9. The lowest BCUT2D eigenvalue weighted by Gasteiger charge is -2.29. The third-order valence-corrected chi connectivity index (χ3v) is 5.72. The van der Waals surface area contributed by atoms with Gasteiger partial charge in [-0.2, -0.15) is 0 Å². The first-order valence-electron chi connectivity index (χ1n) is 10.9. The van der Waals surface area contributed by atoms with E-state index in [1.807, 2.05) is 0 Å². The molecule has 1 aliphatic carbocycles. The molecule has 32 heavy (non-hydrogen) atoms. The summed E-state index contributed by atoms with van der Waals surface area (Å²) in [5.41, 5.74) is 0.706. The van der Waals surface area contributed by atoms with Gasteiger partial charge in [0.1, 0.15) is 17.1 Å². The fourth-order valence-corrected chi connectivity index (χ4v) is 3.95. The van der Waals surface area contributed by atoms with Gasteiger partial charge in [-0.15, -0.1) is 0 Å². The maximum atomic E-state index is 12.5. The summed E-state index contributed by atoms with van der Waals surface area (Å²) in [5.74, 6) is -2.27. The van der Waals surface area contributed by atoms with Gasteiger partial charge in [-0.3, -0.25) is 9.59 Å². The van der Waals surface area contributed by atoms with E-state index >= 15 is 0 Å². The van der Waals surface area contributed by atoms with Gasteiger partial charge in [0.05, 0.1) is 11.9 Å². The van der Waals surface area contributed by atoms with Crippen molar-refractivity contribution in [2.75, 3.05) is 6.79 Å². The van der Waals surface area contributed by atoms with Crippen molar-refractivity contribution in [2.24, 2.45) is 5.92 Å². The Hall–Kier alpha value is -2.88. The summed E-state index contributed by atoms with van der Waals surface area (Å²) in [7, 11) is -1.37. The van der Waals surface area contributed by atoms with Gasteiger partial charge in [-0.1, -0.05) is 31.4 Å². The van der Waals surface area contributed by atoms with Crippen LogP contribution in [0.2, 0.25) is 0 Å². The summed E-state index contributed by atoms with van der Waals surface area (Å²) in [5, 5.41) is 13.0. The quantitative estimate of drug-likeness (QED) is 0.352. The monoisotopic (exact) mass is 445 g/mol. The molecular weight excluding hydrogens is 417 g/mol. The molecule has 1 aromatic carbocycles. The van der Waals surface area contributed by atoms with Crippen LogP contribution in [0, 0.1) is 5.92 Å². The second kappa shape index (κ2) is 11.1. The Morgan fingerprint density at radius 1 is 1.12 bits per heavy atom. The van der Waals surface area contributed by atoms with Crippen LogP contribution in [0.15, 0.2) is 18.2 Å². The number of ether oxygens (including phenoxy) is 2. The van der Waals surface area contributed by atoms with E-state index in [1.165, 1.54) is 13.0 Å². The molecule has 2 N–H and O–H groups in total. The predicted molar refractivity (Wildman–Crippen MR) is 114 cm³/mol. The standard InChI is InChI=1S/C22H28BNO8/c1-14(25)10-11-19(26)24-18-12-16-8-5-9-17(20(16)32-23(18)29)22(28)31-13-30-21(27)15-6-3-2-4-7-15/h5,8-9,15,18,29H,2-4,6-7,10-13H2,1H3,(H,24,26). The summed E-state index contributed by atoms with van der Waals surface area (Å²) < 4.78 is 15.7. The maximum Gasteiger partial charge on any atom is 0.547 e. The van der Waals surface area contributed by atoms with Crippen LogP contribution >= 0.6 is 0 Å². The second-order valence-corrected chi connectivity index (χ2v) is 8.23. The van der Waals surface area contributed by atoms with Crippen molar-refractivity contribution in [2.45, 2.75) is 64.2 Å². The van der Waals surface area contributed by atoms with Crippen LogP contribution in [0.4, 0.5) is 0 Å². The Balaban J connectivity index is 1.56. The lowest BCUT2D eigenvalue weighted by molar-refractivity contribution is -0.158. The van der Waals surface area contributed by atoms with E-state index in [0.717, 1.165) is 32.1 Å². The highest BCUT2D eigenvalue weighted by molar-refractivity contribution is 6.47. The average molecular weight is 445 g/mol. The van der Waals surface area contributed by atoms with Crippen molar-refractivity contribution in [3.8, 4) is 5.75 Å². The molecule has 1 aliphatic heterocycles. The Labute approximate surface area is 186 Å². The first kappa shape index (κ1) is 23.8. The molecule has 172 valence electrons. The number of hydrogen-bond acceptors (Lipinski definition) is 8. The molecule has 1 amide bonds. The molecule has 9 nitrogen and oxygen atoms in total. The van der Waals surface area contributed by atoms with Gasteiger partial charge in [-0.05, 0) is 37.8 Å². The predicted octanol–water partition coefficient (Wildman–Crippen LogP) is 1.73. The van der Waals surface area contributed by atoms with Crippen LogP contribution < -0.4 is 9.97 Å². The van der Waals surface area contributed by atoms with Crippen molar-refractivity contribution in [1.82, 2.24) is 5.32 Å². The molecular formula is C22H28BNO8. The van der Waals surface area contributed by atoms with Crippen molar-refractivity contribution in [3.05, 3.63) is 29.3 Å². The molecule has 0 bridgehead atoms. The van der Waals surface area contributed by atoms with E-state index in [4.69, 9.17) is 14.1 Å². The van der Waals surface area contributed by atoms with E-state index in [9.17, 15) is 24.2 Å². The second-order valence-electron chi connectivity index (χ2n) is 8.23. The van der Waals surface area contributed by atoms with Crippen LogP contribution in [0.3, 0.4) is 0 Å². The molecule has 1 aromatic rings. The number of Topliss-reactive ketones (excluding diaryl/α,β-unsaturated/α-hetero) is 1. The van der Waals surface area contributed by atoms with E-state index in [1.54, 1.807) is 12.1 Å². The number of rotatable bonds is 8. The summed E-state index contributed by atoms with van der Waals surface area (Å²) >= 11 is 0. The Morgan fingerprint density at radius 3 is 2.59 bits per heavy atom. The van der Waals surface area contributed by atoms with Gasteiger partial charge in [-0.25, -0.2) is 4.79 Å². The number of carbonyl (C=O) groups excluding carboxylic acids is 4. The minimum atomic E-state index is -1.37. The van der Waals surface area contributed by atoms with Gasteiger partial charge < -0.3 is 29.3 Å². The highest BCUT2D eigenvalue weighted by atomic mass is 16.7. The van der Waals surface area contributed by atoms with Crippen molar-refractivity contribution < 1.29 is 38.3 Å². The Morgan fingerprint density at radius 2 is 1.88 bits per heavy atom. The number of fused-ring (bicyclic) bond motifs is 1. The number of amides is 1. The van der Waals surface area contributed by atoms with E-state index in [0.29, 0.717) is 5.56 Å². The zero-order valence-corrected chi connectivity index (χ0v) is 18.1. The summed E-state index contributed by atoms with van der Waals surface area (Å²) in [4.78, 5) is 47.6. The van der Waals surface area contributed by atoms with E-state index in [-0.39, 0.29) is 54.2 Å². The first-order chi connectivity index (χ1) is 15.3. The molecule has 0 saturated heterocycles. The number of para-hydroxylation sites is 1. The van der Waals surface area contributed by atoms with Gasteiger partial charge in [0.15, 0.2) is 0 Å². The summed E-state index contributed by atoms with van der Waals surface area (Å²) in [6.07, 6.45) is 5.06. The minimum Gasteiger partial charge on any atom is -0.534 e. The number of ketones is 1. The van der Waals surface area contributed by atoms with Crippen LogP contribution in [-0.2, 0) is 30.3 Å². The average Bonchev–Trinajstić information content (AvgIpc) is 2.78. The number of nitrogens with one attached hydrogen (secondary N) is 1. The van der Waals surface area contributed by atoms with Crippen LogP contribution in [0.5, 0.6) is 5.75 Å². The highest BCUT2D eigenvalue weighted by Gasteiger charge is 2.38. The molecule has 1 heterocycles. The molecule has 1 saturated carbocycles. The summed E-state index contributed by atoms with van der Waals surface area (Å²) in [6, 6.07) is 4.84. The van der Waals surface area contributed by atoms with Gasteiger partial charge in [0.25, 0.3) is 0 Å². The fraction of sp³-hybridized carbons (Fsp3) is 0.545. The van der Waals surface area contributed by atoms with Gasteiger partial charge in [0, 0.05) is 12.8 Å². The third kappa shape index (κ3) is 6.32. The molecule has 1 atom stereocenters. The van der Waals surface area contributed by atoms with Crippen LogP contribution in [-0.4, -0.2) is 48.5 Å². The normalized spacial score (nSPS) is 18.2. The number of benzene rings is 1. The fourth-order valence-electron chi connectivity index (χ4n) is 3.95. The Bertz CT molecular complexity index is 867. The molecule has 3 rings (SSSR count). The van der Waals surface area contributed by atoms with Crippen molar-refractivity contribution in [3.63, 3.8) is 0 Å². The molecule has 0 aromatic heterocycles. The summed E-state index contributed by atoms with van der Waals surface area (Å²) in [6.45, 7) is 0.912. The minimum absolute atomic E-state index is 0.0252. The SMILES string of the molecule is CC(=O)CCC(=O)NC1Cc2cccc(C(=O)OCOC(=O)C3CCCCC3)c2OB1O. The zero-order valence-electron chi connectivity index (χ0n) is 18.1. The Kier molecular flexibility index (Phi) is 8.27. The lowest BCUT2D eigenvalue weighted by Crippen LogP contribution is -2.53. The van der Waals surface area contributed by atoms with Crippen molar-refractivity contribution in [1.29, 1.82) is 0 Å². The topological polar surface area (TPSA) is 128 Å². The molecule has 2 aliphatic rings. The van der Waals surface area contributed by atoms with Crippen LogP contribution in [0.25, 0.3) is 0 Å². The van der Waals surface area contributed by atoms with Crippen molar-refractivity contribution >= 4 is 30.7 Å². The lowest BCUT2D eigenvalue weighted by atomic mass is 9.72. The third-order valence-electron chi connectivity index (χ3n) is 5.72. The van der Waals surface area contributed by atoms with Crippen LogP contribution in [0.1, 0.15) is 67.8 Å². The largest absolute Gasteiger partial charge is 0.547 e. The molecule has 1 fully saturated rings. The smallest absolute Gasteiger partial charge is 0.534 e. The van der Waals surface area contributed by atoms with Gasteiger partial charge in [0.2, 0.25) is 12.7 Å². The highest BCUT2D eigenvalue weighted by Crippen LogP contribution is 2.31. The maximum absolute atomic E-state index is 12.5. The zero-order chi connectivity index (χ0) is 23.1. The molecule has 0 spiro atoms. The number of carbonyl (C=O) groups is 4.